The molecule has 0 saturated carbocycles. The van der Waals surface area contributed by atoms with Gasteiger partial charge in [0.2, 0.25) is 0 Å². The van der Waals surface area contributed by atoms with E-state index in [1.54, 1.807) is 30.1 Å². The molecular formula is C21H22N2O4. The van der Waals surface area contributed by atoms with Crippen LogP contribution in [0.1, 0.15) is 34.5 Å². The highest BCUT2D eigenvalue weighted by Crippen LogP contribution is 2.19. The van der Waals surface area contributed by atoms with Gasteiger partial charge in [-0.3, -0.25) is 9.48 Å². The quantitative estimate of drug-likeness (QED) is 0.439. The summed E-state index contributed by atoms with van der Waals surface area (Å²) < 4.78 is 18.2. The van der Waals surface area contributed by atoms with E-state index in [2.05, 4.69) is 5.10 Å². The van der Waals surface area contributed by atoms with Crippen molar-refractivity contribution in [2.24, 2.45) is 0 Å². The zero-order valence-corrected chi connectivity index (χ0v) is 15.6. The van der Waals surface area contributed by atoms with Crippen LogP contribution in [-0.2, 0) is 13.2 Å². The predicted molar refractivity (Wildman–Crippen MR) is 102 cm³/mol. The molecule has 3 rings (SSSR count). The molecule has 0 aliphatic carbocycles. The highest BCUT2D eigenvalue weighted by atomic mass is 16.5. The Morgan fingerprint density at radius 1 is 1.19 bits per heavy atom. The van der Waals surface area contributed by atoms with Gasteiger partial charge in [-0.1, -0.05) is 0 Å². The van der Waals surface area contributed by atoms with Crippen molar-refractivity contribution in [3.05, 3.63) is 71.4 Å². The second-order valence-electron chi connectivity index (χ2n) is 5.95. The molecule has 0 bridgehead atoms. The molecule has 0 aliphatic rings. The third-order valence-corrected chi connectivity index (χ3v) is 4.06. The van der Waals surface area contributed by atoms with Gasteiger partial charge >= 0.3 is 0 Å². The first-order valence-electron chi connectivity index (χ1n) is 8.71. The van der Waals surface area contributed by atoms with Gasteiger partial charge in [-0.15, -0.1) is 0 Å². The lowest BCUT2D eigenvalue weighted by molar-refractivity contribution is 0.104. The van der Waals surface area contributed by atoms with Crippen LogP contribution in [-0.4, -0.2) is 22.7 Å². The average Bonchev–Trinajstić information content (AvgIpc) is 3.31. The molecule has 2 heterocycles. The monoisotopic (exact) mass is 366 g/mol. The summed E-state index contributed by atoms with van der Waals surface area (Å²) in [6.07, 6.45) is 4.91. The van der Waals surface area contributed by atoms with Crippen molar-refractivity contribution in [3.63, 3.8) is 0 Å². The van der Waals surface area contributed by atoms with Gasteiger partial charge in [-0.25, -0.2) is 0 Å². The third kappa shape index (κ3) is 4.67. The van der Waals surface area contributed by atoms with Crippen LogP contribution >= 0.6 is 0 Å². The maximum absolute atomic E-state index is 12.3. The number of carbonyl (C=O) groups is 1. The zero-order valence-electron chi connectivity index (χ0n) is 15.6. The predicted octanol–water partition coefficient (Wildman–Crippen LogP) is 4.29. The first kappa shape index (κ1) is 18.5. The van der Waals surface area contributed by atoms with E-state index in [4.69, 9.17) is 13.9 Å². The maximum Gasteiger partial charge on any atom is 0.189 e. The lowest BCUT2D eigenvalue weighted by Crippen LogP contribution is -1.95. The largest absolute Gasteiger partial charge is 0.497 e. The Hall–Kier alpha value is -3.28. The number of ketones is 1. The van der Waals surface area contributed by atoms with E-state index >= 15 is 0 Å². The highest BCUT2D eigenvalue weighted by molar-refractivity contribution is 6.07. The molecule has 0 atom stereocenters. The third-order valence-electron chi connectivity index (χ3n) is 4.06. The van der Waals surface area contributed by atoms with Gasteiger partial charge in [0, 0.05) is 12.7 Å². The molecule has 0 radical (unpaired) electrons. The molecule has 3 aromatic rings. The Bertz CT molecular complexity index is 936. The van der Waals surface area contributed by atoms with E-state index in [0.29, 0.717) is 23.7 Å². The molecule has 2 aromatic heterocycles. The van der Waals surface area contributed by atoms with Gasteiger partial charge in [-0.2, -0.15) is 5.10 Å². The number of nitrogens with zero attached hydrogens (tertiary/aromatic N) is 2. The van der Waals surface area contributed by atoms with E-state index in [1.807, 2.05) is 44.2 Å². The molecule has 0 unspecified atom stereocenters. The number of methoxy groups -OCH3 is 1. The summed E-state index contributed by atoms with van der Waals surface area (Å²) in [6.45, 7) is 4.84. The van der Waals surface area contributed by atoms with Gasteiger partial charge in [0.05, 0.1) is 18.4 Å². The van der Waals surface area contributed by atoms with Crippen LogP contribution in [0.2, 0.25) is 0 Å². The summed E-state index contributed by atoms with van der Waals surface area (Å²) in [5, 5.41) is 4.29. The van der Waals surface area contributed by atoms with Crippen molar-refractivity contribution in [2.75, 3.05) is 7.11 Å². The summed E-state index contributed by atoms with van der Waals surface area (Å²) in [4.78, 5) is 12.3. The van der Waals surface area contributed by atoms with Crippen LogP contribution in [0.3, 0.4) is 0 Å². The molecule has 140 valence electrons. The molecule has 0 N–H and O–H groups in total. The second kappa shape index (κ2) is 8.40. The number of ether oxygens (including phenoxy) is 2. The minimum Gasteiger partial charge on any atom is -0.497 e. The molecule has 1 aromatic carbocycles. The zero-order chi connectivity index (χ0) is 19.2. The number of hydrogen-bond donors (Lipinski definition) is 0. The Labute approximate surface area is 158 Å². The number of aromatic nitrogens is 2. The first-order valence-corrected chi connectivity index (χ1v) is 8.71. The Morgan fingerprint density at radius 3 is 2.59 bits per heavy atom. The summed E-state index contributed by atoms with van der Waals surface area (Å²) in [7, 11) is 1.62. The van der Waals surface area contributed by atoms with Crippen molar-refractivity contribution in [3.8, 4) is 11.5 Å². The molecule has 27 heavy (non-hydrogen) atoms. The molecule has 0 fully saturated rings. The Balaban J connectivity index is 1.58. The molecule has 0 spiro atoms. The van der Waals surface area contributed by atoms with Crippen molar-refractivity contribution in [2.45, 2.75) is 27.0 Å². The second-order valence-corrected chi connectivity index (χ2v) is 5.95. The molecule has 6 heteroatoms. The van der Waals surface area contributed by atoms with Crippen molar-refractivity contribution in [1.29, 1.82) is 0 Å². The molecule has 0 saturated heterocycles. The van der Waals surface area contributed by atoms with Gasteiger partial charge in [0.15, 0.2) is 5.78 Å². The number of hydrogen-bond acceptors (Lipinski definition) is 5. The number of carbonyl (C=O) groups excluding carboxylic acids is 1. The van der Waals surface area contributed by atoms with Gasteiger partial charge in [0.1, 0.15) is 29.6 Å². The Morgan fingerprint density at radius 2 is 1.93 bits per heavy atom. The van der Waals surface area contributed by atoms with Crippen LogP contribution in [0.25, 0.3) is 6.08 Å². The number of allylic oxidation sites excluding steroid dienone is 1. The SMILES string of the molecule is CCn1cc(C(=O)/C=C/c2ccc(COc3ccc(OC)cc3)o2)c(C)n1. The average molecular weight is 366 g/mol. The molecular weight excluding hydrogens is 344 g/mol. The summed E-state index contributed by atoms with van der Waals surface area (Å²) in [5.74, 6) is 2.67. The summed E-state index contributed by atoms with van der Waals surface area (Å²) in [5.41, 5.74) is 1.32. The van der Waals surface area contributed by atoms with Crippen LogP contribution in [0.15, 0.2) is 53.1 Å². The number of aryl methyl sites for hydroxylation is 2. The highest BCUT2D eigenvalue weighted by Gasteiger charge is 2.10. The number of rotatable bonds is 8. The van der Waals surface area contributed by atoms with E-state index < -0.39 is 0 Å². The van der Waals surface area contributed by atoms with Crippen molar-refractivity contribution >= 4 is 11.9 Å². The van der Waals surface area contributed by atoms with Crippen LogP contribution in [0.4, 0.5) is 0 Å². The van der Waals surface area contributed by atoms with Gasteiger partial charge in [-0.05, 0) is 62.4 Å². The Kier molecular flexibility index (Phi) is 5.76. The first-order chi connectivity index (χ1) is 13.1. The molecule has 6 nitrogen and oxygen atoms in total. The fourth-order valence-corrected chi connectivity index (χ4v) is 2.56. The van der Waals surface area contributed by atoms with Crippen molar-refractivity contribution in [1.82, 2.24) is 9.78 Å². The topological polar surface area (TPSA) is 66.5 Å². The number of furan rings is 1. The maximum atomic E-state index is 12.3. The van der Waals surface area contributed by atoms with E-state index in [0.717, 1.165) is 23.7 Å². The fourth-order valence-electron chi connectivity index (χ4n) is 2.56. The minimum atomic E-state index is -0.0976. The standard InChI is InChI=1S/C21H22N2O4/c1-4-23-13-20(15(2)22-23)21(24)12-11-18-9-10-19(27-18)14-26-17-7-5-16(25-3)6-8-17/h5-13H,4,14H2,1-3H3/b12-11+. The molecule has 0 aliphatic heterocycles. The normalized spacial score (nSPS) is 11.1. The lowest BCUT2D eigenvalue weighted by atomic mass is 10.1. The number of benzene rings is 1. The summed E-state index contributed by atoms with van der Waals surface area (Å²) >= 11 is 0. The van der Waals surface area contributed by atoms with E-state index in [-0.39, 0.29) is 5.78 Å². The smallest absolute Gasteiger partial charge is 0.189 e. The fraction of sp³-hybridized carbons (Fsp3) is 0.238. The van der Waals surface area contributed by atoms with Gasteiger partial charge in [0.25, 0.3) is 0 Å². The molecule has 0 amide bonds. The van der Waals surface area contributed by atoms with Crippen molar-refractivity contribution < 1.29 is 18.7 Å². The van der Waals surface area contributed by atoms with Crippen LogP contribution in [0, 0.1) is 6.92 Å². The van der Waals surface area contributed by atoms with E-state index in [1.165, 1.54) is 6.08 Å². The van der Waals surface area contributed by atoms with Crippen LogP contribution < -0.4 is 9.47 Å². The van der Waals surface area contributed by atoms with E-state index in [9.17, 15) is 4.79 Å². The summed E-state index contributed by atoms with van der Waals surface area (Å²) in [6, 6.07) is 11.0. The minimum absolute atomic E-state index is 0.0976. The lowest BCUT2D eigenvalue weighted by Gasteiger charge is -2.05. The van der Waals surface area contributed by atoms with Gasteiger partial charge < -0.3 is 13.9 Å². The van der Waals surface area contributed by atoms with Crippen LogP contribution in [0.5, 0.6) is 11.5 Å².